The Labute approximate surface area is 127 Å². The van der Waals surface area contributed by atoms with Crippen molar-refractivity contribution in [3.8, 4) is 0 Å². The lowest BCUT2D eigenvalue weighted by atomic mass is 9.77. The molecular weight excluding hydrogens is 264 g/mol. The van der Waals surface area contributed by atoms with E-state index in [1.807, 2.05) is 13.1 Å². The first-order valence-electron chi connectivity index (χ1n) is 8.04. The van der Waals surface area contributed by atoms with Gasteiger partial charge in [-0.1, -0.05) is 12.8 Å². The second-order valence-corrected chi connectivity index (χ2v) is 6.40. The Balaban J connectivity index is 1.73. The lowest BCUT2D eigenvalue weighted by Gasteiger charge is -2.40. The van der Waals surface area contributed by atoms with Crippen LogP contribution in [0.15, 0.2) is 6.07 Å². The minimum Gasteiger partial charge on any atom is -0.377 e. The molecule has 2 heterocycles. The van der Waals surface area contributed by atoms with Crippen LogP contribution in [0.1, 0.15) is 44.3 Å². The average molecular weight is 290 g/mol. The third-order valence-corrected chi connectivity index (χ3v) is 5.10. The molecule has 0 atom stereocenters. The van der Waals surface area contributed by atoms with Crippen LogP contribution in [0.3, 0.4) is 0 Å². The highest BCUT2D eigenvalue weighted by Gasteiger charge is 2.37. The molecule has 0 amide bonds. The van der Waals surface area contributed by atoms with Crippen LogP contribution < -0.4 is 10.2 Å². The standard InChI is InChI=1S/C16H26N4O/c1-17-13-11-15(19-14(18-13)12-21-2)20-9-7-16(8-10-20)5-3-4-6-16/h11H,3-10,12H2,1-2H3,(H,17,18,19). The maximum Gasteiger partial charge on any atom is 0.158 e. The van der Waals surface area contributed by atoms with Gasteiger partial charge in [-0.15, -0.1) is 0 Å². The first-order valence-corrected chi connectivity index (χ1v) is 8.04. The Kier molecular flexibility index (Phi) is 4.29. The van der Waals surface area contributed by atoms with E-state index in [0.717, 1.165) is 30.5 Å². The van der Waals surface area contributed by atoms with E-state index >= 15 is 0 Å². The van der Waals surface area contributed by atoms with Gasteiger partial charge >= 0.3 is 0 Å². The molecule has 1 aliphatic heterocycles. The number of methoxy groups -OCH3 is 1. The van der Waals surface area contributed by atoms with Gasteiger partial charge in [0.15, 0.2) is 5.82 Å². The molecule has 0 radical (unpaired) electrons. The van der Waals surface area contributed by atoms with Crippen molar-refractivity contribution in [2.75, 3.05) is 37.5 Å². The highest BCUT2D eigenvalue weighted by atomic mass is 16.5. The number of anilines is 2. The molecule has 5 heteroatoms. The minimum absolute atomic E-state index is 0.459. The zero-order chi connectivity index (χ0) is 14.7. The number of hydrogen-bond donors (Lipinski definition) is 1. The number of piperidine rings is 1. The van der Waals surface area contributed by atoms with Crippen LogP contribution in [0.5, 0.6) is 0 Å². The van der Waals surface area contributed by atoms with Crippen LogP contribution in [-0.2, 0) is 11.3 Å². The Morgan fingerprint density at radius 3 is 2.52 bits per heavy atom. The molecule has 0 bridgehead atoms. The SMILES string of the molecule is CNc1cc(N2CCC3(CCCC3)CC2)nc(COC)n1. The van der Waals surface area contributed by atoms with Crippen molar-refractivity contribution in [3.63, 3.8) is 0 Å². The summed E-state index contributed by atoms with van der Waals surface area (Å²) in [5.41, 5.74) is 0.644. The van der Waals surface area contributed by atoms with E-state index in [1.54, 1.807) is 7.11 Å². The number of aromatic nitrogens is 2. The van der Waals surface area contributed by atoms with E-state index in [1.165, 1.54) is 38.5 Å². The van der Waals surface area contributed by atoms with Crippen molar-refractivity contribution in [2.24, 2.45) is 5.41 Å². The smallest absolute Gasteiger partial charge is 0.158 e. The van der Waals surface area contributed by atoms with Crippen molar-refractivity contribution in [2.45, 2.75) is 45.1 Å². The van der Waals surface area contributed by atoms with E-state index in [9.17, 15) is 0 Å². The number of nitrogens with zero attached hydrogens (tertiary/aromatic N) is 3. The minimum atomic E-state index is 0.459. The predicted octanol–water partition coefficient (Wildman–Crippen LogP) is 2.83. The average Bonchev–Trinajstić information content (AvgIpc) is 2.96. The van der Waals surface area contributed by atoms with E-state index < -0.39 is 0 Å². The zero-order valence-electron chi connectivity index (χ0n) is 13.2. The van der Waals surface area contributed by atoms with Crippen LogP contribution >= 0.6 is 0 Å². The van der Waals surface area contributed by atoms with E-state index in [-0.39, 0.29) is 0 Å². The molecule has 1 aliphatic carbocycles. The van der Waals surface area contributed by atoms with Crippen LogP contribution in [-0.4, -0.2) is 37.2 Å². The summed E-state index contributed by atoms with van der Waals surface area (Å²) in [6.45, 7) is 2.69. The van der Waals surface area contributed by atoms with Crippen LogP contribution in [0.25, 0.3) is 0 Å². The number of rotatable bonds is 4. The summed E-state index contributed by atoms with van der Waals surface area (Å²) in [5.74, 6) is 2.66. The summed E-state index contributed by atoms with van der Waals surface area (Å²) < 4.78 is 5.17. The van der Waals surface area contributed by atoms with Gasteiger partial charge in [0, 0.05) is 33.3 Å². The van der Waals surface area contributed by atoms with Crippen molar-refractivity contribution < 1.29 is 4.74 Å². The molecule has 1 aromatic rings. The van der Waals surface area contributed by atoms with Gasteiger partial charge in [-0.05, 0) is 31.1 Å². The topological polar surface area (TPSA) is 50.3 Å². The third-order valence-electron chi connectivity index (χ3n) is 5.10. The molecule has 0 aromatic carbocycles. The van der Waals surface area contributed by atoms with Gasteiger partial charge in [0.2, 0.25) is 0 Å². The lowest BCUT2D eigenvalue weighted by Crippen LogP contribution is -2.39. The number of hydrogen-bond acceptors (Lipinski definition) is 5. The fourth-order valence-electron chi connectivity index (χ4n) is 3.80. The Morgan fingerprint density at radius 1 is 1.19 bits per heavy atom. The van der Waals surface area contributed by atoms with Crippen LogP contribution in [0, 0.1) is 5.41 Å². The van der Waals surface area contributed by atoms with Crippen molar-refractivity contribution in [3.05, 3.63) is 11.9 Å². The molecule has 1 saturated carbocycles. The van der Waals surface area contributed by atoms with Crippen molar-refractivity contribution >= 4 is 11.6 Å². The Bertz CT molecular complexity index is 475. The Morgan fingerprint density at radius 2 is 1.90 bits per heavy atom. The number of ether oxygens (including phenoxy) is 1. The van der Waals surface area contributed by atoms with Crippen molar-refractivity contribution in [1.29, 1.82) is 0 Å². The summed E-state index contributed by atoms with van der Waals surface area (Å²) in [5, 5.41) is 3.12. The van der Waals surface area contributed by atoms with Gasteiger partial charge < -0.3 is 15.0 Å². The van der Waals surface area contributed by atoms with Crippen LogP contribution in [0.2, 0.25) is 0 Å². The van der Waals surface area contributed by atoms with Gasteiger partial charge in [0.1, 0.15) is 18.2 Å². The zero-order valence-corrected chi connectivity index (χ0v) is 13.2. The highest BCUT2D eigenvalue weighted by molar-refractivity contribution is 5.49. The molecule has 1 spiro atoms. The van der Waals surface area contributed by atoms with Crippen molar-refractivity contribution in [1.82, 2.24) is 9.97 Å². The monoisotopic (exact) mass is 290 g/mol. The normalized spacial score (nSPS) is 21.0. The largest absolute Gasteiger partial charge is 0.377 e. The Hall–Kier alpha value is -1.36. The third kappa shape index (κ3) is 3.12. The fourth-order valence-corrected chi connectivity index (χ4v) is 3.80. The molecule has 116 valence electrons. The molecule has 3 rings (SSSR count). The van der Waals surface area contributed by atoms with E-state index in [4.69, 9.17) is 4.74 Å². The van der Waals surface area contributed by atoms with Gasteiger partial charge in [-0.3, -0.25) is 0 Å². The summed E-state index contributed by atoms with van der Waals surface area (Å²) >= 11 is 0. The van der Waals surface area contributed by atoms with Gasteiger partial charge in [-0.25, -0.2) is 9.97 Å². The molecule has 2 aliphatic rings. The first kappa shape index (κ1) is 14.6. The molecule has 1 aromatic heterocycles. The van der Waals surface area contributed by atoms with Gasteiger partial charge in [0.25, 0.3) is 0 Å². The van der Waals surface area contributed by atoms with E-state index in [0.29, 0.717) is 12.0 Å². The fraction of sp³-hybridized carbons (Fsp3) is 0.750. The second-order valence-electron chi connectivity index (χ2n) is 6.40. The highest BCUT2D eigenvalue weighted by Crippen LogP contribution is 2.46. The second kappa shape index (κ2) is 6.18. The maximum atomic E-state index is 5.17. The molecule has 21 heavy (non-hydrogen) atoms. The molecule has 1 N–H and O–H groups in total. The molecule has 5 nitrogen and oxygen atoms in total. The molecule has 2 fully saturated rings. The van der Waals surface area contributed by atoms with Gasteiger partial charge in [0.05, 0.1) is 0 Å². The van der Waals surface area contributed by atoms with Gasteiger partial charge in [-0.2, -0.15) is 0 Å². The summed E-state index contributed by atoms with van der Waals surface area (Å²) in [7, 11) is 3.58. The number of nitrogens with one attached hydrogen (secondary N) is 1. The summed E-state index contributed by atoms with van der Waals surface area (Å²) in [6.07, 6.45) is 8.34. The summed E-state index contributed by atoms with van der Waals surface area (Å²) in [4.78, 5) is 11.5. The first-order chi connectivity index (χ1) is 10.2. The molecule has 1 saturated heterocycles. The predicted molar refractivity (Wildman–Crippen MR) is 84.6 cm³/mol. The maximum absolute atomic E-state index is 5.17. The lowest BCUT2D eigenvalue weighted by molar-refractivity contribution is 0.177. The van der Waals surface area contributed by atoms with E-state index in [2.05, 4.69) is 20.2 Å². The molecular formula is C16H26N4O. The quantitative estimate of drug-likeness (QED) is 0.924. The van der Waals surface area contributed by atoms with Crippen LogP contribution in [0.4, 0.5) is 11.6 Å². The summed E-state index contributed by atoms with van der Waals surface area (Å²) in [6, 6.07) is 2.05. The molecule has 0 unspecified atom stereocenters.